The molecule has 1 N–H and O–H groups in total. The zero-order valence-corrected chi connectivity index (χ0v) is 14.3. The van der Waals surface area contributed by atoms with Crippen LogP contribution in [0.4, 0.5) is 5.69 Å². The highest BCUT2D eigenvalue weighted by atomic mass is 35.5. The summed E-state index contributed by atoms with van der Waals surface area (Å²) >= 11 is 7.38. The van der Waals surface area contributed by atoms with E-state index in [2.05, 4.69) is 10.3 Å². The fourth-order valence-electron chi connectivity index (χ4n) is 1.94. The molecule has 0 atom stereocenters. The molecule has 1 aromatic carbocycles. The minimum Gasteiger partial charge on any atom is -0.345 e. The van der Waals surface area contributed by atoms with E-state index in [1.54, 1.807) is 39.2 Å². The molecule has 5 nitrogen and oxygen atoms in total. The van der Waals surface area contributed by atoms with Gasteiger partial charge in [-0.2, -0.15) is 0 Å². The molecule has 2 aromatic rings. The van der Waals surface area contributed by atoms with Crippen LogP contribution in [0.3, 0.4) is 0 Å². The largest absolute Gasteiger partial charge is 0.345 e. The quantitative estimate of drug-likeness (QED) is 0.934. The molecule has 0 saturated heterocycles. The fourth-order valence-corrected chi connectivity index (χ4v) is 2.95. The van der Waals surface area contributed by atoms with E-state index >= 15 is 0 Å². The Labute approximate surface area is 137 Å². The lowest BCUT2D eigenvalue weighted by molar-refractivity contribution is 0.0827. The van der Waals surface area contributed by atoms with Crippen molar-refractivity contribution in [2.24, 2.45) is 0 Å². The van der Waals surface area contributed by atoms with Crippen molar-refractivity contribution in [1.82, 2.24) is 9.88 Å². The van der Waals surface area contributed by atoms with Crippen molar-refractivity contribution >= 4 is 40.4 Å². The maximum Gasteiger partial charge on any atom is 0.267 e. The van der Waals surface area contributed by atoms with Gasteiger partial charge in [-0.05, 0) is 32.0 Å². The van der Waals surface area contributed by atoms with Gasteiger partial charge in [0.1, 0.15) is 4.88 Å². The Kier molecular flexibility index (Phi) is 4.83. The highest BCUT2D eigenvalue weighted by Gasteiger charge is 2.17. The number of thiazole rings is 1. The molecule has 0 aliphatic carbocycles. The molecule has 0 aliphatic rings. The van der Waals surface area contributed by atoms with Gasteiger partial charge in [-0.15, -0.1) is 11.3 Å². The molecule has 2 rings (SSSR count). The number of carbonyl (C=O) groups is 2. The normalized spacial score (nSPS) is 10.4. The third kappa shape index (κ3) is 3.45. The Morgan fingerprint density at radius 1 is 1.27 bits per heavy atom. The molecule has 7 heteroatoms. The summed E-state index contributed by atoms with van der Waals surface area (Å²) in [6, 6.07) is 4.83. The number of anilines is 1. The summed E-state index contributed by atoms with van der Waals surface area (Å²) in [6.45, 7) is 3.64. The summed E-state index contributed by atoms with van der Waals surface area (Å²) in [5.74, 6) is -0.459. The SMILES string of the molecule is Cc1nc(C)c(C(=O)Nc2ccc(Cl)c(C(=O)N(C)C)c2)s1. The number of aromatic nitrogens is 1. The Morgan fingerprint density at radius 3 is 2.50 bits per heavy atom. The van der Waals surface area contributed by atoms with Crippen LogP contribution in [-0.4, -0.2) is 35.8 Å². The number of halogens is 1. The van der Waals surface area contributed by atoms with Gasteiger partial charge in [0, 0.05) is 19.8 Å². The third-order valence-corrected chi connectivity index (χ3v) is 4.37. The van der Waals surface area contributed by atoms with E-state index < -0.39 is 0 Å². The molecule has 1 aromatic heterocycles. The average Bonchev–Trinajstić information content (AvgIpc) is 2.79. The Morgan fingerprint density at radius 2 is 1.95 bits per heavy atom. The van der Waals surface area contributed by atoms with Gasteiger partial charge in [-0.25, -0.2) is 4.98 Å². The van der Waals surface area contributed by atoms with Crippen LogP contribution in [0.1, 0.15) is 30.7 Å². The summed E-state index contributed by atoms with van der Waals surface area (Å²) in [6.07, 6.45) is 0. The van der Waals surface area contributed by atoms with Crippen molar-refractivity contribution in [3.8, 4) is 0 Å². The number of aryl methyl sites for hydroxylation is 2. The van der Waals surface area contributed by atoms with Crippen LogP contribution in [0.15, 0.2) is 18.2 Å². The second-order valence-electron chi connectivity index (χ2n) is 5.00. The fraction of sp³-hybridized carbons (Fsp3) is 0.267. The summed E-state index contributed by atoms with van der Waals surface area (Å²) in [5, 5.41) is 3.96. The van der Waals surface area contributed by atoms with E-state index in [0.717, 1.165) is 5.01 Å². The molecule has 2 amide bonds. The van der Waals surface area contributed by atoms with Crippen LogP contribution in [0, 0.1) is 13.8 Å². The molecular formula is C15H16ClN3O2S. The van der Waals surface area contributed by atoms with Crippen molar-refractivity contribution in [2.75, 3.05) is 19.4 Å². The lowest BCUT2D eigenvalue weighted by atomic mass is 10.1. The highest BCUT2D eigenvalue weighted by molar-refractivity contribution is 7.13. The van der Waals surface area contributed by atoms with Crippen molar-refractivity contribution in [1.29, 1.82) is 0 Å². The molecular weight excluding hydrogens is 322 g/mol. The molecule has 0 saturated carbocycles. The average molecular weight is 338 g/mol. The van der Waals surface area contributed by atoms with Crippen LogP contribution in [-0.2, 0) is 0 Å². The zero-order chi connectivity index (χ0) is 16.4. The Bertz CT molecular complexity index is 740. The van der Waals surface area contributed by atoms with Gasteiger partial charge in [0.2, 0.25) is 0 Å². The predicted octanol–water partition coefficient (Wildman–Crippen LogP) is 3.37. The number of nitrogens with zero attached hydrogens (tertiary/aromatic N) is 2. The van der Waals surface area contributed by atoms with Gasteiger partial charge in [0.05, 0.1) is 21.3 Å². The number of carbonyl (C=O) groups excluding carboxylic acids is 2. The molecule has 1 heterocycles. The molecule has 0 aliphatic heterocycles. The van der Waals surface area contributed by atoms with Crippen molar-refractivity contribution in [3.05, 3.63) is 44.4 Å². The first-order valence-electron chi connectivity index (χ1n) is 6.56. The summed E-state index contributed by atoms with van der Waals surface area (Å²) in [5.41, 5.74) is 1.56. The number of hydrogen-bond donors (Lipinski definition) is 1. The van der Waals surface area contributed by atoms with E-state index in [0.29, 0.717) is 26.8 Å². The number of hydrogen-bond acceptors (Lipinski definition) is 4. The second kappa shape index (κ2) is 6.46. The van der Waals surface area contributed by atoms with Crippen molar-refractivity contribution < 1.29 is 9.59 Å². The van der Waals surface area contributed by atoms with E-state index in [4.69, 9.17) is 11.6 Å². The topological polar surface area (TPSA) is 62.3 Å². The van der Waals surface area contributed by atoms with Crippen molar-refractivity contribution in [3.63, 3.8) is 0 Å². The Hall–Kier alpha value is -1.92. The van der Waals surface area contributed by atoms with Crippen LogP contribution >= 0.6 is 22.9 Å². The Balaban J connectivity index is 2.27. The molecule has 0 fully saturated rings. The van der Waals surface area contributed by atoms with Gasteiger partial charge in [0.15, 0.2) is 0 Å². The standard InChI is InChI=1S/C15H16ClN3O2S/c1-8-13(22-9(2)17-8)14(20)18-10-5-6-12(16)11(7-10)15(21)19(3)4/h5-7H,1-4H3,(H,18,20). The first-order chi connectivity index (χ1) is 10.3. The minimum absolute atomic E-state index is 0.217. The number of amides is 2. The van der Waals surface area contributed by atoms with E-state index in [9.17, 15) is 9.59 Å². The summed E-state index contributed by atoms with van der Waals surface area (Å²) in [7, 11) is 3.29. The summed E-state index contributed by atoms with van der Waals surface area (Å²) < 4.78 is 0. The van der Waals surface area contributed by atoms with Gasteiger partial charge in [0.25, 0.3) is 11.8 Å². The zero-order valence-electron chi connectivity index (χ0n) is 12.7. The molecule has 0 radical (unpaired) electrons. The molecule has 0 unspecified atom stereocenters. The molecule has 22 heavy (non-hydrogen) atoms. The van der Waals surface area contributed by atoms with Gasteiger partial charge >= 0.3 is 0 Å². The number of nitrogens with one attached hydrogen (secondary N) is 1. The number of rotatable bonds is 3. The van der Waals surface area contributed by atoms with E-state index in [1.807, 2.05) is 6.92 Å². The van der Waals surface area contributed by atoms with Crippen LogP contribution in [0.25, 0.3) is 0 Å². The first-order valence-corrected chi connectivity index (χ1v) is 7.75. The smallest absolute Gasteiger partial charge is 0.267 e. The lowest BCUT2D eigenvalue weighted by Gasteiger charge is -2.13. The maximum absolute atomic E-state index is 12.3. The van der Waals surface area contributed by atoms with Gasteiger partial charge < -0.3 is 10.2 Å². The highest BCUT2D eigenvalue weighted by Crippen LogP contribution is 2.23. The number of benzene rings is 1. The third-order valence-electron chi connectivity index (χ3n) is 2.97. The molecule has 0 bridgehead atoms. The van der Waals surface area contributed by atoms with Crippen molar-refractivity contribution in [2.45, 2.75) is 13.8 Å². The maximum atomic E-state index is 12.3. The summed E-state index contributed by atoms with van der Waals surface area (Å²) in [4.78, 5) is 30.6. The van der Waals surface area contributed by atoms with Crippen LogP contribution < -0.4 is 5.32 Å². The molecule has 0 spiro atoms. The first kappa shape index (κ1) is 16.5. The van der Waals surface area contributed by atoms with Gasteiger partial charge in [-0.1, -0.05) is 11.6 Å². The van der Waals surface area contributed by atoms with Crippen LogP contribution in [0.2, 0.25) is 5.02 Å². The molecule has 116 valence electrons. The predicted molar refractivity (Wildman–Crippen MR) is 89.0 cm³/mol. The van der Waals surface area contributed by atoms with Crippen LogP contribution in [0.5, 0.6) is 0 Å². The minimum atomic E-state index is -0.242. The monoisotopic (exact) mass is 337 g/mol. The van der Waals surface area contributed by atoms with E-state index in [1.165, 1.54) is 16.2 Å². The second-order valence-corrected chi connectivity index (χ2v) is 6.61. The van der Waals surface area contributed by atoms with Gasteiger partial charge in [-0.3, -0.25) is 9.59 Å². The van der Waals surface area contributed by atoms with E-state index in [-0.39, 0.29) is 11.8 Å². The lowest BCUT2D eigenvalue weighted by Crippen LogP contribution is -2.22.